The second-order valence-corrected chi connectivity index (χ2v) is 8.41. The van der Waals surface area contributed by atoms with Crippen LogP contribution in [0.25, 0.3) is 5.70 Å². The van der Waals surface area contributed by atoms with Crippen LogP contribution in [-0.2, 0) is 4.79 Å². The number of carbonyl (C=O) groups excluding carboxylic acids is 1. The third kappa shape index (κ3) is 4.05. The molecule has 0 saturated heterocycles. The number of benzene rings is 2. The van der Waals surface area contributed by atoms with Gasteiger partial charge in [-0.05, 0) is 52.6 Å². The highest BCUT2D eigenvalue weighted by molar-refractivity contribution is 6.30. The van der Waals surface area contributed by atoms with Crippen molar-refractivity contribution in [3.63, 3.8) is 0 Å². The Bertz CT molecular complexity index is 1090. The maximum Gasteiger partial charge on any atom is 0.251 e. The molecule has 2 aliphatic rings. The average Bonchev–Trinajstić information content (AvgIpc) is 3.47. The minimum absolute atomic E-state index is 0.0202. The maximum atomic E-state index is 12.9. The third-order valence-corrected chi connectivity index (χ3v) is 6.14. The molecule has 1 fully saturated rings. The van der Waals surface area contributed by atoms with Crippen molar-refractivity contribution >= 4 is 29.2 Å². The fourth-order valence-corrected chi connectivity index (χ4v) is 4.49. The van der Waals surface area contributed by atoms with E-state index in [1.165, 1.54) is 12.8 Å². The van der Waals surface area contributed by atoms with Crippen molar-refractivity contribution in [2.75, 3.05) is 11.4 Å². The standard InChI is InChI=1S/C23H23ClN6O/c24-18-12-10-17(11-13-18)21-14-20(16-6-2-1-3-7-16)29(23-26-27-28-30(21)23)15-22(31)25-19-8-4-5-9-19/h1-3,6-7,10-14,19,21H,4-5,8-9,15H2,(H,25,31)/t21-/m0/s1. The van der Waals surface area contributed by atoms with E-state index >= 15 is 0 Å². The highest BCUT2D eigenvalue weighted by Gasteiger charge is 2.32. The van der Waals surface area contributed by atoms with E-state index in [2.05, 4.69) is 26.9 Å². The molecular formula is C23H23ClN6O. The van der Waals surface area contributed by atoms with E-state index in [1.807, 2.05) is 59.5 Å². The Hall–Kier alpha value is -3.19. The summed E-state index contributed by atoms with van der Waals surface area (Å²) in [5.74, 6) is 0.524. The zero-order valence-corrected chi connectivity index (χ0v) is 17.7. The van der Waals surface area contributed by atoms with Crippen molar-refractivity contribution in [3.05, 3.63) is 76.8 Å². The van der Waals surface area contributed by atoms with E-state index in [4.69, 9.17) is 11.6 Å². The van der Waals surface area contributed by atoms with Crippen LogP contribution in [0.5, 0.6) is 0 Å². The summed E-state index contributed by atoms with van der Waals surface area (Å²) in [5, 5.41) is 16.3. The topological polar surface area (TPSA) is 75.9 Å². The number of tetrazole rings is 1. The van der Waals surface area contributed by atoms with Crippen LogP contribution in [0.1, 0.15) is 42.9 Å². The van der Waals surface area contributed by atoms with Crippen LogP contribution in [0.4, 0.5) is 5.95 Å². The zero-order valence-electron chi connectivity index (χ0n) is 17.0. The number of amides is 1. The Morgan fingerprint density at radius 1 is 1.06 bits per heavy atom. The molecule has 1 aromatic heterocycles. The van der Waals surface area contributed by atoms with Crippen LogP contribution in [0.15, 0.2) is 60.7 Å². The molecule has 0 radical (unpaired) electrons. The Morgan fingerprint density at radius 2 is 1.81 bits per heavy atom. The Morgan fingerprint density at radius 3 is 2.55 bits per heavy atom. The summed E-state index contributed by atoms with van der Waals surface area (Å²) in [7, 11) is 0. The molecule has 7 nitrogen and oxygen atoms in total. The monoisotopic (exact) mass is 434 g/mol. The van der Waals surface area contributed by atoms with Crippen molar-refractivity contribution in [1.82, 2.24) is 25.5 Å². The van der Waals surface area contributed by atoms with E-state index in [9.17, 15) is 4.79 Å². The number of rotatable bonds is 5. The van der Waals surface area contributed by atoms with Gasteiger partial charge in [-0.25, -0.2) is 0 Å². The smallest absolute Gasteiger partial charge is 0.251 e. The van der Waals surface area contributed by atoms with Gasteiger partial charge in [-0.1, -0.05) is 72.0 Å². The number of hydrogen-bond acceptors (Lipinski definition) is 5. The quantitative estimate of drug-likeness (QED) is 0.660. The van der Waals surface area contributed by atoms with Crippen LogP contribution in [0, 0.1) is 0 Å². The largest absolute Gasteiger partial charge is 0.352 e. The first-order chi connectivity index (χ1) is 15.2. The van der Waals surface area contributed by atoms with E-state index in [0.29, 0.717) is 11.0 Å². The summed E-state index contributed by atoms with van der Waals surface area (Å²) in [6, 6.07) is 17.7. The number of anilines is 1. The number of hydrogen-bond donors (Lipinski definition) is 1. The van der Waals surface area contributed by atoms with Gasteiger partial charge in [0.15, 0.2) is 0 Å². The zero-order chi connectivity index (χ0) is 21.2. The van der Waals surface area contributed by atoms with Gasteiger partial charge in [-0.15, -0.1) is 0 Å². The van der Waals surface area contributed by atoms with Gasteiger partial charge in [0.25, 0.3) is 5.95 Å². The average molecular weight is 435 g/mol. The SMILES string of the molecule is O=C(CN1C(c2ccccc2)=C[C@@H](c2ccc(Cl)cc2)n2nnnc21)NC1CCCC1. The van der Waals surface area contributed by atoms with Crippen molar-refractivity contribution in [3.8, 4) is 0 Å². The third-order valence-electron chi connectivity index (χ3n) is 5.89. The lowest BCUT2D eigenvalue weighted by molar-refractivity contribution is -0.120. The van der Waals surface area contributed by atoms with E-state index in [0.717, 1.165) is 29.7 Å². The van der Waals surface area contributed by atoms with E-state index in [1.54, 1.807) is 4.68 Å². The Balaban J connectivity index is 1.52. The van der Waals surface area contributed by atoms with Gasteiger partial charge in [-0.2, -0.15) is 4.68 Å². The summed E-state index contributed by atoms with van der Waals surface area (Å²) in [6.45, 7) is 0.158. The molecule has 8 heteroatoms. The molecule has 158 valence electrons. The lowest BCUT2D eigenvalue weighted by Gasteiger charge is -2.32. The molecule has 1 aliphatic heterocycles. The molecule has 3 aromatic rings. The van der Waals surface area contributed by atoms with Gasteiger partial charge >= 0.3 is 0 Å². The predicted octanol–water partition coefficient (Wildman–Crippen LogP) is 3.84. The minimum atomic E-state index is -0.202. The first-order valence-electron chi connectivity index (χ1n) is 10.6. The number of nitrogens with zero attached hydrogens (tertiary/aromatic N) is 5. The minimum Gasteiger partial charge on any atom is -0.352 e. The van der Waals surface area contributed by atoms with Gasteiger partial charge in [0, 0.05) is 11.1 Å². The highest BCUT2D eigenvalue weighted by Crippen LogP contribution is 2.36. The first kappa shape index (κ1) is 19.8. The van der Waals surface area contributed by atoms with Crippen molar-refractivity contribution in [1.29, 1.82) is 0 Å². The van der Waals surface area contributed by atoms with Crippen LogP contribution in [-0.4, -0.2) is 38.7 Å². The number of nitrogens with one attached hydrogen (secondary N) is 1. The number of carbonyl (C=O) groups is 1. The van der Waals surface area contributed by atoms with Crippen LogP contribution >= 0.6 is 11.6 Å². The normalized spacial score (nSPS) is 18.5. The van der Waals surface area contributed by atoms with Crippen LogP contribution < -0.4 is 10.2 Å². The molecule has 1 N–H and O–H groups in total. The fraction of sp³-hybridized carbons (Fsp3) is 0.304. The van der Waals surface area contributed by atoms with E-state index < -0.39 is 0 Å². The molecule has 1 saturated carbocycles. The van der Waals surface area contributed by atoms with Gasteiger partial charge in [0.05, 0.1) is 5.70 Å². The Labute approximate surface area is 185 Å². The summed E-state index contributed by atoms with van der Waals surface area (Å²) in [5.41, 5.74) is 2.93. The number of aromatic nitrogens is 4. The Kier molecular flexibility index (Phi) is 5.42. The molecule has 0 bridgehead atoms. The van der Waals surface area contributed by atoms with Gasteiger partial charge in [0.1, 0.15) is 12.6 Å². The molecular weight excluding hydrogens is 412 g/mol. The first-order valence-corrected chi connectivity index (χ1v) is 10.9. The molecule has 0 unspecified atom stereocenters. The molecule has 31 heavy (non-hydrogen) atoms. The van der Waals surface area contributed by atoms with Gasteiger partial charge in [0.2, 0.25) is 5.91 Å². The van der Waals surface area contributed by atoms with Crippen molar-refractivity contribution in [2.45, 2.75) is 37.8 Å². The van der Waals surface area contributed by atoms with E-state index in [-0.39, 0.29) is 24.5 Å². The van der Waals surface area contributed by atoms with Crippen molar-refractivity contribution in [2.24, 2.45) is 0 Å². The summed E-state index contributed by atoms with van der Waals surface area (Å²) >= 11 is 6.09. The lowest BCUT2D eigenvalue weighted by atomic mass is 10.0. The van der Waals surface area contributed by atoms with Gasteiger partial charge < -0.3 is 5.32 Å². The fourth-order valence-electron chi connectivity index (χ4n) is 4.37. The van der Waals surface area contributed by atoms with Crippen LogP contribution in [0.3, 0.4) is 0 Å². The number of fused-ring (bicyclic) bond motifs is 1. The second kappa shape index (κ2) is 8.51. The molecule has 2 heterocycles. The lowest BCUT2D eigenvalue weighted by Crippen LogP contribution is -2.42. The van der Waals surface area contributed by atoms with Crippen molar-refractivity contribution < 1.29 is 4.79 Å². The highest BCUT2D eigenvalue weighted by atomic mass is 35.5. The summed E-state index contributed by atoms with van der Waals surface area (Å²) in [4.78, 5) is 14.8. The molecule has 5 rings (SSSR count). The molecule has 0 spiro atoms. The number of halogens is 1. The maximum absolute atomic E-state index is 12.9. The van der Waals surface area contributed by atoms with Crippen LogP contribution in [0.2, 0.25) is 5.02 Å². The molecule has 1 amide bonds. The van der Waals surface area contributed by atoms with Gasteiger partial charge in [-0.3, -0.25) is 9.69 Å². The molecule has 2 aromatic carbocycles. The predicted molar refractivity (Wildman–Crippen MR) is 120 cm³/mol. The second-order valence-electron chi connectivity index (χ2n) is 7.97. The molecule has 1 atom stereocenters. The molecule has 1 aliphatic carbocycles. The summed E-state index contributed by atoms with van der Waals surface area (Å²) in [6.07, 6.45) is 6.54. The number of allylic oxidation sites excluding steroid dienone is 1. The summed E-state index contributed by atoms with van der Waals surface area (Å²) < 4.78 is 1.75.